The largest absolute Gasteiger partial charge is 0.340 e. The van der Waals surface area contributed by atoms with Crippen molar-refractivity contribution in [2.45, 2.75) is 38.3 Å². The van der Waals surface area contributed by atoms with Gasteiger partial charge in [-0.15, -0.1) is 11.3 Å². The van der Waals surface area contributed by atoms with Gasteiger partial charge in [0.15, 0.2) is 0 Å². The first-order chi connectivity index (χ1) is 8.56. The number of amides is 1. The fourth-order valence-corrected chi connectivity index (χ4v) is 3.96. The summed E-state index contributed by atoms with van der Waals surface area (Å²) in [6, 6.07) is 4.39. The van der Waals surface area contributed by atoms with Crippen LogP contribution in [0.1, 0.15) is 30.6 Å². The van der Waals surface area contributed by atoms with Crippen LogP contribution >= 0.6 is 27.3 Å². The van der Waals surface area contributed by atoms with Crippen molar-refractivity contribution in [2.75, 3.05) is 7.05 Å². The Labute approximate surface area is 120 Å². The van der Waals surface area contributed by atoms with Crippen molar-refractivity contribution in [1.29, 1.82) is 0 Å². The number of thiophene rings is 1. The van der Waals surface area contributed by atoms with Gasteiger partial charge in [-0.05, 0) is 53.7 Å². The number of carbonyl (C=O) groups excluding carboxylic acids is 1. The number of halogens is 1. The van der Waals surface area contributed by atoms with Crippen molar-refractivity contribution in [1.82, 2.24) is 4.90 Å². The Balaban J connectivity index is 1.88. The van der Waals surface area contributed by atoms with Crippen LogP contribution in [0.5, 0.6) is 0 Å². The third-order valence-corrected chi connectivity index (χ3v) is 5.13. The molecule has 3 nitrogen and oxygen atoms in total. The Kier molecular flexibility index (Phi) is 4.81. The molecule has 0 spiro atoms. The summed E-state index contributed by atoms with van der Waals surface area (Å²) >= 11 is 5.13. The molecule has 0 unspecified atom stereocenters. The molecule has 0 aliphatic heterocycles. The van der Waals surface area contributed by atoms with E-state index in [-0.39, 0.29) is 11.8 Å². The number of nitrogens with two attached hydrogens (primary N) is 1. The first-order valence-electron chi connectivity index (χ1n) is 6.31. The van der Waals surface area contributed by atoms with Crippen LogP contribution < -0.4 is 5.73 Å². The maximum absolute atomic E-state index is 12.3. The topological polar surface area (TPSA) is 46.3 Å². The van der Waals surface area contributed by atoms with Crippen molar-refractivity contribution < 1.29 is 4.79 Å². The molecule has 1 amide bonds. The molecule has 1 fully saturated rings. The van der Waals surface area contributed by atoms with Gasteiger partial charge in [0.05, 0.1) is 10.3 Å². The lowest BCUT2D eigenvalue weighted by atomic mass is 9.85. The van der Waals surface area contributed by atoms with Crippen LogP contribution in [-0.2, 0) is 11.3 Å². The maximum Gasteiger partial charge on any atom is 0.225 e. The quantitative estimate of drug-likeness (QED) is 0.925. The number of nitrogens with zero attached hydrogens (tertiary/aromatic N) is 1. The molecule has 0 bridgehead atoms. The maximum atomic E-state index is 12.3. The van der Waals surface area contributed by atoms with Crippen LogP contribution in [0.3, 0.4) is 0 Å². The predicted octanol–water partition coefficient (Wildman–Crippen LogP) is 2.99. The van der Waals surface area contributed by atoms with E-state index in [9.17, 15) is 4.79 Å². The minimum absolute atomic E-state index is 0.179. The van der Waals surface area contributed by atoms with Gasteiger partial charge in [0, 0.05) is 23.9 Å². The fraction of sp³-hybridized carbons (Fsp3) is 0.615. The predicted molar refractivity (Wildman–Crippen MR) is 78.4 cm³/mol. The van der Waals surface area contributed by atoms with Gasteiger partial charge >= 0.3 is 0 Å². The van der Waals surface area contributed by atoms with Crippen LogP contribution in [0.2, 0.25) is 0 Å². The molecular weight excluding hydrogens is 312 g/mol. The first kappa shape index (κ1) is 14.0. The lowest BCUT2D eigenvalue weighted by Gasteiger charge is -2.28. The van der Waals surface area contributed by atoms with Gasteiger partial charge in [-0.3, -0.25) is 4.79 Å². The zero-order chi connectivity index (χ0) is 13.1. The fourth-order valence-electron chi connectivity index (χ4n) is 2.43. The summed E-state index contributed by atoms with van der Waals surface area (Å²) in [5, 5.41) is 0. The van der Waals surface area contributed by atoms with Crippen LogP contribution in [0.4, 0.5) is 0 Å². The Hall–Kier alpha value is -0.390. The van der Waals surface area contributed by atoms with Gasteiger partial charge in [-0.25, -0.2) is 0 Å². The van der Waals surface area contributed by atoms with Crippen LogP contribution in [0.25, 0.3) is 0 Å². The van der Waals surface area contributed by atoms with Crippen LogP contribution in [-0.4, -0.2) is 23.9 Å². The monoisotopic (exact) mass is 330 g/mol. The second-order valence-corrected chi connectivity index (χ2v) is 7.56. The Morgan fingerprint density at radius 2 is 2.11 bits per heavy atom. The molecule has 0 aromatic carbocycles. The molecule has 0 radical (unpaired) electrons. The molecule has 2 N–H and O–H groups in total. The molecule has 1 aliphatic carbocycles. The summed E-state index contributed by atoms with van der Waals surface area (Å²) < 4.78 is 1.11. The molecule has 2 rings (SSSR count). The molecule has 1 aliphatic rings. The summed E-state index contributed by atoms with van der Waals surface area (Å²) in [7, 11) is 1.89. The summed E-state index contributed by atoms with van der Waals surface area (Å²) in [6.07, 6.45) is 3.85. The van der Waals surface area contributed by atoms with E-state index < -0.39 is 0 Å². The van der Waals surface area contributed by atoms with E-state index in [1.54, 1.807) is 11.3 Å². The van der Waals surface area contributed by atoms with E-state index in [0.29, 0.717) is 12.6 Å². The zero-order valence-electron chi connectivity index (χ0n) is 10.6. The first-order valence-corrected chi connectivity index (χ1v) is 7.92. The Morgan fingerprint density at radius 3 is 2.67 bits per heavy atom. The molecule has 0 atom stereocenters. The van der Waals surface area contributed by atoms with Gasteiger partial charge in [0.2, 0.25) is 5.91 Å². The lowest BCUT2D eigenvalue weighted by molar-refractivity contribution is -0.135. The minimum Gasteiger partial charge on any atom is -0.340 e. The van der Waals surface area contributed by atoms with E-state index in [4.69, 9.17) is 5.73 Å². The zero-order valence-corrected chi connectivity index (χ0v) is 13.0. The number of hydrogen-bond donors (Lipinski definition) is 1. The SMILES string of the molecule is CN(Cc1ccc(Br)s1)C(=O)C1CCC(N)CC1. The van der Waals surface area contributed by atoms with Gasteiger partial charge in [0.25, 0.3) is 0 Å². The molecular formula is C13H19BrN2OS. The minimum atomic E-state index is 0.179. The van der Waals surface area contributed by atoms with Gasteiger partial charge in [-0.1, -0.05) is 0 Å². The van der Waals surface area contributed by atoms with Crippen molar-refractivity contribution in [3.8, 4) is 0 Å². The highest BCUT2D eigenvalue weighted by Gasteiger charge is 2.26. The number of hydrogen-bond acceptors (Lipinski definition) is 3. The number of carbonyl (C=O) groups is 1. The third-order valence-electron chi connectivity index (χ3n) is 3.52. The molecule has 18 heavy (non-hydrogen) atoms. The van der Waals surface area contributed by atoms with E-state index >= 15 is 0 Å². The van der Waals surface area contributed by atoms with E-state index in [2.05, 4.69) is 22.0 Å². The van der Waals surface area contributed by atoms with E-state index in [0.717, 1.165) is 29.5 Å². The van der Waals surface area contributed by atoms with Gasteiger partial charge in [-0.2, -0.15) is 0 Å². The summed E-state index contributed by atoms with van der Waals surface area (Å²) in [6.45, 7) is 0.706. The van der Waals surface area contributed by atoms with Crippen molar-refractivity contribution in [3.63, 3.8) is 0 Å². The van der Waals surface area contributed by atoms with E-state index in [1.807, 2.05) is 18.0 Å². The van der Waals surface area contributed by atoms with Crippen molar-refractivity contribution in [2.24, 2.45) is 11.7 Å². The molecule has 1 heterocycles. The van der Waals surface area contributed by atoms with Gasteiger partial charge < -0.3 is 10.6 Å². The Bertz CT molecular complexity index is 413. The highest BCUT2D eigenvalue weighted by molar-refractivity contribution is 9.11. The van der Waals surface area contributed by atoms with Crippen LogP contribution in [0, 0.1) is 5.92 Å². The smallest absolute Gasteiger partial charge is 0.225 e. The molecule has 1 aromatic rings. The Morgan fingerprint density at radius 1 is 1.44 bits per heavy atom. The third kappa shape index (κ3) is 3.56. The lowest BCUT2D eigenvalue weighted by Crippen LogP contribution is -2.37. The second kappa shape index (κ2) is 6.17. The highest BCUT2D eigenvalue weighted by Crippen LogP contribution is 2.27. The average molecular weight is 331 g/mol. The number of rotatable bonds is 3. The summed E-state index contributed by atoms with van der Waals surface area (Å²) in [5.41, 5.74) is 5.87. The molecule has 1 aromatic heterocycles. The average Bonchev–Trinajstić information content (AvgIpc) is 2.75. The summed E-state index contributed by atoms with van der Waals surface area (Å²) in [5.74, 6) is 0.449. The van der Waals surface area contributed by atoms with Gasteiger partial charge in [0.1, 0.15) is 0 Å². The van der Waals surface area contributed by atoms with Crippen molar-refractivity contribution >= 4 is 33.2 Å². The molecule has 5 heteroatoms. The molecule has 1 saturated carbocycles. The standard InChI is InChI=1S/C13H19BrN2OS/c1-16(8-11-6-7-12(14)18-11)13(17)9-2-4-10(15)5-3-9/h6-7,9-10H,2-5,8,15H2,1H3. The molecule has 100 valence electrons. The van der Waals surface area contributed by atoms with Crippen LogP contribution in [0.15, 0.2) is 15.9 Å². The highest BCUT2D eigenvalue weighted by atomic mass is 79.9. The second-order valence-electron chi connectivity index (χ2n) is 5.01. The van der Waals surface area contributed by atoms with E-state index in [1.165, 1.54) is 4.88 Å². The van der Waals surface area contributed by atoms with Crippen molar-refractivity contribution in [3.05, 3.63) is 20.8 Å². The normalized spacial score (nSPS) is 23.9. The molecule has 0 saturated heterocycles. The summed E-state index contributed by atoms with van der Waals surface area (Å²) in [4.78, 5) is 15.4.